The van der Waals surface area contributed by atoms with Gasteiger partial charge in [-0.15, -0.1) is 0 Å². The summed E-state index contributed by atoms with van der Waals surface area (Å²) in [5, 5.41) is 3.35. The van der Waals surface area contributed by atoms with Crippen LogP contribution in [-0.4, -0.2) is 53.7 Å². The van der Waals surface area contributed by atoms with E-state index in [1.165, 1.54) is 10.5 Å². The zero-order valence-electron chi connectivity index (χ0n) is 14.7. The lowest BCUT2D eigenvalue weighted by Crippen LogP contribution is -2.49. The normalized spacial score (nSPS) is 21.1. The molecule has 2 aliphatic heterocycles. The highest BCUT2D eigenvalue weighted by atomic mass is 16.2. The van der Waals surface area contributed by atoms with E-state index >= 15 is 0 Å². The first-order valence-electron chi connectivity index (χ1n) is 9.02. The van der Waals surface area contributed by atoms with Gasteiger partial charge in [-0.3, -0.25) is 19.3 Å². The van der Waals surface area contributed by atoms with Gasteiger partial charge in [0.05, 0.1) is 6.04 Å². The molecule has 1 aromatic carbocycles. The summed E-state index contributed by atoms with van der Waals surface area (Å²) in [5.41, 5.74) is 2.39. The van der Waals surface area contributed by atoms with Crippen LogP contribution < -0.4 is 5.32 Å². The van der Waals surface area contributed by atoms with E-state index in [4.69, 9.17) is 0 Å². The number of carbonyl (C=O) groups is 3. The Bertz CT molecular complexity index is 640. The molecule has 6 nitrogen and oxygen atoms in total. The molecule has 1 unspecified atom stereocenters. The number of hydrogen-bond donors (Lipinski definition) is 1. The zero-order valence-corrected chi connectivity index (χ0v) is 14.7. The average Bonchev–Trinajstić information content (AvgIpc) is 2.97. The molecule has 0 aromatic heterocycles. The minimum atomic E-state index is -0.162. The number of carbonyl (C=O) groups excluding carboxylic acids is 3. The van der Waals surface area contributed by atoms with E-state index in [-0.39, 0.29) is 49.6 Å². The molecule has 0 saturated carbocycles. The van der Waals surface area contributed by atoms with Gasteiger partial charge in [0.1, 0.15) is 0 Å². The Morgan fingerprint density at radius 2 is 1.84 bits per heavy atom. The molecule has 1 N–H and O–H groups in total. The van der Waals surface area contributed by atoms with Gasteiger partial charge in [0.15, 0.2) is 0 Å². The van der Waals surface area contributed by atoms with Crippen molar-refractivity contribution >= 4 is 17.7 Å². The Labute approximate surface area is 148 Å². The number of hydrogen-bond acceptors (Lipinski definition) is 4. The predicted molar refractivity (Wildman–Crippen MR) is 93.7 cm³/mol. The highest BCUT2D eigenvalue weighted by Gasteiger charge is 2.31. The van der Waals surface area contributed by atoms with Crippen molar-refractivity contribution in [1.82, 2.24) is 15.1 Å². The van der Waals surface area contributed by atoms with E-state index in [1.807, 2.05) is 4.90 Å². The third kappa shape index (κ3) is 3.90. The fraction of sp³-hybridized carbons (Fsp3) is 0.526. The van der Waals surface area contributed by atoms with E-state index in [9.17, 15) is 14.4 Å². The second-order valence-corrected chi connectivity index (χ2v) is 6.59. The standard InChI is InChI=1S/C19H25N3O3/c1-2-14-3-5-15(6-4-14)16-13-20-10-12-21(16)19(25)9-11-22-17(23)7-8-18(22)24/h3-6,16,20H,2,7-13H2,1H3. The van der Waals surface area contributed by atoms with Crippen LogP contribution in [0.1, 0.15) is 43.4 Å². The number of nitrogens with zero attached hydrogens (tertiary/aromatic N) is 2. The van der Waals surface area contributed by atoms with Gasteiger partial charge in [-0.1, -0.05) is 31.2 Å². The van der Waals surface area contributed by atoms with Crippen molar-refractivity contribution in [3.05, 3.63) is 35.4 Å². The van der Waals surface area contributed by atoms with Gasteiger partial charge in [0.2, 0.25) is 17.7 Å². The number of imide groups is 1. The van der Waals surface area contributed by atoms with Crippen LogP contribution in [0.2, 0.25) is 0 Å². The number of aryl methyl sites for hydroxylation is 1. The average molecular weight is 343 g/mol. The van der Waals surface area contributed by atoms with Gasteiger partial charge in [0.25, 0.3) is 0 Å². The molecule has 3 rings (SSSR count). The van der Waals surface area contributed by atoms with Crippen LogP contribution in [0.25, 0.3) is 0 Å². The molecule has 0 spiro atoms. The van der Waals surface area contributed by atoms with E-state index < -0.39 is 0 Å². The molecule has 0 aliphatic carbocycles. The summed E-state index contributed by atoms with van der Waals surface area (Å²) in [6, 6.07) is 8.38. The van der Waals surface area contributed by atoms with Gasteiger partial charge in [-0.2, -0.15) is 0 Å². The number of amides is 3. The SMILES string of the molecule is CCc1ccc(C2CNCCN2C(=O)CCN2C(=O)CCC2=O)cc1. The second-order valence-electron chi connectivity index (χ2n) is 6.59. The van der Waals surface area contributed by atoms with Gasteiger partial charge in [-0.25, -0.2) is 0 Å². The minimum absolute atomic E-state index is 0.00133. The Morgan fingerprint density at radius 1 is 1.16 bits per heavy atom. The molecule has 2 saturated heterocycles. The van der Waals surface area contributed by atoms with Crippen LogP contribution in [0.4, 0.5) is 0 Å². The van der Waals surface area contributed by atoms with Crippen LogP contribution in [0.5, 0.6) is 0 Å². The second kappa shape index (κ2) is 7.78. The molecule has 2 heterocycles. The van der Waals surface area contributed by atoms with E-state index in [2.05, 4.69) is 36.5 Å². The molecule has 25 heavy (non-hydrogen) atoms. The molecule has 0 bridgehead atoms. The fourth-order valence-corrected chi connectivity index (χ4v) is 3.50. The van der Waals surface area contributed by atoms with Gasteiger partial charge in [0, 0.05) is 45.4 Å². The topological polar surface area (TPSA) is 69.7 Å². The van der Waals surface area contributed by atoms with Crippen molar-refractivity contribution in [1.29, 1.82) is 0 Å². The molecular weight excluding hydrogens is 318 g/mol. The molecule has 1 atom stereocenters. The maximum atomic E-state index is 12.7. The number of benzene rings is 1. The molecule has 2 fully saturated rings. The minimum Gasteiger partial charge on any atom is -0.333 e. The van der Waals surface area contributed by atoms with Gasteiger partial charge < -0.3 is 10.2 Å². The fourth-order valence-electron chi connectivity index (χ4n) is 3.50. The number of piperazine rings is 1. The molecule has 134 valence electrons. The summed E-state index contributed by atoms with van der Waals surface area (Å²) >= 11 is 0. The van der Waals surface area contributed by atoms with Crippen molar-refractivity contribution in [3.8, 4) is 0 Å². The summed E-state index contributed by atoms with van der Waals surface area (Å²) in [5.74, 6) is -0.326. The quantitative estimate of drug-likeness (QED) is 0.817. The Balaban J connectivity index is 1.66. The zero-order chi connectivity index (χ0) is 17.8. The first-order chi connectivity index (χ1) is 12.1. The summed E-state index contributed by atoms with van der Waals surface area (Å²) in [4.78, 5) is 39.2. The maximum Gasteiger partial charge on any atom is 0.229 e. The Hall–Kier alpha value is -2.21. The molecule has 2 aliphatic rings. The smallest absolute Gasteiger partial charge is 0.229 e. The monoisotopic (exact) mass is 343 g/mol. The Morgan fingerprint density at radius 3 is 2.48 bits per heavy atom. The largest absolute Gasteiger partial charge is 0.333 e. The van der Waals surface area contributed by atoms with Crippen molar-refractivity contribution in [3.63, 3.8) is 0 Å². The van der Waals surface area contributed by atoms with Gasteiger partial charge >= 0.3 is 0 Å². The predicted octanol–water partition coefficient (Wildman–Crippen LogP) is 1.26. The van der Waals surface area contributed by atoms with E-state index in [1.54, 1.807) is 0 Å². The third-order valence-corrected chi connectivity index (χ3v) is 5.04. The summed E-state index contributed by atoms with van der Waals surface area (Å²) in [6.45, 7) is 4.44. The maximum absolute atomic E-state index is 12.7. The molecule has 3 amide bonds. The summed E-state index contributed by atoms with van der Waals surface area (Å²) < 4.78 is 0. The van der Waals surface area contributed by atoms with E-state index in [0.717, 1.165) is 25.1 Å². The van der Waals surface area contributed by atoms with Crippen molar-refractivity contribution in [2.75, 3.05) is 26.2 Å². The lowest BCUT2D eigenvalue weighted by Gasteiger charge is -2.37. The number of likely N-dealkylation sites (tertiary alicyclic amines) is 1. The van der Waals surface area contributed by atoms with Gasteiger partial charge in [-0.05, 0) is 17.5 Å². The molecule has 6 heteroatoms. The van der Waals surface area contributed by atoms with Crippen LogP contribution in [0.15, 0.2) is 24.3 Å². The van der Waals surface area contributed by atoms with Crippen LogP contribution >= 0.6 is 0 Å². The number of rotatable bonds is 5. The lowest BCUT2D eigenvalue weighted by atomic mass is 10.0. The Kier molecular flexibility index (Phi) is 5.48. The highest BCUT2D eigenvalue weighted by Crippen LogP contribution is 2.24. The molecule has 1 aromatic rings. The van der Waals surface area contributed by atoms with Crippen molar-refractivity contribution in [2.45, 2.75) is 38.6 Å². The highest BCUT2D eigenvalue weighted by molar-refractivity contribution is 6.02. The third-order valence-electron chi connectivity index (χ3n) is 5.04. The van der Waals surface area contributed by atoms with Crippen molar-refractivity contribution in [2.24, 2.45) is 0 Å². The lowest BCUT2D eigenvalue weighted by molar-refractivity contribution is -0.140. The number of nitrogens with one attached hydrogen (secondary N) is 1. The van der Waals surface area contributed by atoms with Crippen LogP contribution in [0, 0.1) is 0 Å². The summed E-state index contributed by atoms with van der Waals surface area (Å²) in [7, 11) is 0. The van der Waals surface area contributed by atoms with E-state index in [0.29, 0.717) is 6.54 Å². The van der Waals surface area contributed by atoms with Crippen molar-refractivity contribution < 1.29 is 14.4 Å². The summed E-state index contributed by atoms with van der Waals surface area (Å²) in [6.07, 6.45) is 1.73. The first kappa shape index (κ1) is 17.6. The van der Waals surface area contributed by atoms with Crippen LogP contribution in [0.3, 0.4) is 0 Å². The first-order valence-corrected chi connectivity index (χ1v) is 9.02. The molecule has 0 radical (unpaired) electrons. The van der Waals surface area contributed by atoms with Crippen LogP contribution in [-0.2, 0) is 20.8 Å². The molecular formula is C19H25N3O3.